The molecule has 32 heavy (non-hydrogen) atoms. The summed E-state index contributed by atoms with van der Waals surface area (Å²) < 4.78 is 43.5. The van der Waals surface area contributed by atoms with Gasteiger partial charge in [0.25, 0.3) is 15.9 Å². The molecule has 2 aromatic carbocycles. The highest BCUT2D eigenvalue weighted by molar-refractivity contribution is 7.92. The normalized spacial score (nSPS) is 11.2. The molecule has 2 aromatic heterocycles. The summed E-state index contributed by atoms with van der Waals surface area (Å²) in [6.07, 6.45) is 0. The van der Waals surface area contributed by atoms with Crippen LogP contribution < -0.4 is 9.46 Å². The van der Waals surface area contributed by atoms with E-state index in [4.69, 9.17) is 14.0 Å². The van der Waals surface area contributed by atoms with Crippen LogP contribution in [0, 0.1) is 0 Å². The van der Waals surface area contributed by atoms with Gasteiger partial charge in [0.15, 0.2) is 6.61 Å². The van der Waals surface area contributed by atoms with E-state index in [-0.39, 0.29) is 28.6 Å². The Balaban J connectivity index is 1.45. The maximum absolute atomic E-state index is 12.8. The number of methoxy groups -OCH3 is 1. The van der Waals surface area contributed by atoms with Gasteiger partial charge in [-0.3, -0.25) is 4.72 Å². The molecule has 0 saturated heterocycles. The summed E-state index contributed by atoms with van der Waals surface area (Å²) in [6, 6.07) is 15.8. The molecule has 0 aliphatic carbocycles. The molecule has 0 unspecified atom stereocenters. The maximum Gasteiger partial charge on any atom is 0.338 e. The van der Waals surface area contributed by atoms with E-state index in [1.54, 1.807) is 24.3 Å². The Labute approximate surface area is 187 Å². The van der Waals surface area contributed by atoms with Crippen LogP contribution in [0.25, 0.3) is 10.7 Å². The lowest BCUT2D eigenvalue weighted by Gasteiger charge is -2.12. The van der Waals surface area contributed by atoms with Crippen molar-refractivity contribution < 1.29 is 27.2 Å². The van der Waals surface area contributed by atoms with Crippen molar-refractivity contribution in [3.8, 4) is 16.5 Å². The van der Waals surface area contributed by atoms with E-state index < -0.39 is 16.0 Å². The van der Waals surface area contributed by atoms with Crippen molar-refractivity contribution in [1.29, 1.82) is 0 Å². The average Bonchev–Trinajstić information content (AvgIpc) is 3.50. The van der Waals surface area contributed by atoms with Crippen LogP contribution in [0.1, 0.15) is 16.2 Å². The number of sulfonamides is 1. The number of benzene rings is 2. The summed E-state index contributed by atoms with van der Waals surface area (Å²) in [7, 11) is -2.53. The highest BCUT2D eigenvalue weighted by Gasteiger charge is 2.19. The number of hydrogen-bond acceptors (Lipinski definition) is 9. The van der Waals surface area contributed by atoms with E-state index in [2.05, 4.69) is 14.9 Å². The molecule has 0 aliphatic heterocycles. The van der Waals surface area contributed by atoms with E-state index in [9.17, 15) is 13.2 Å². The Morgan fingerprint density at radius 3 is 2.75 bits per heavy atom. The number of nitrogens with zero attached hydrogens (tertiary/aromatic N) is 2. The number of anilines is 1. The predicted molar refractivity (Wildman–Crippen MR) is 117 cm³/mol. The first-order valence-corrected chi connectivity index (χ1v) is 11.6. The fraction of sp³-hybridized carbons (Fsp3) is 0.0952. The Bertz CT molecular complexity index is 1330. The van der Waals surface area contributed by atoms with Gasteiger partial charge in [0.05, 0.1) is 28.1 Å². The van der Waals surface area contributed by atoms with Crippen LogP contribution >= 0.6 is 11.3 Å². The maximum atomic E-state index is 12.8. The number of nitrogens with one attached hydrogen (secondary N) is 1. The Hall–Kier alpha value is -3.70. The number of aromatic nitrogens is 2. The van der Waals surface area contributed by atoms with Crippen LogP contribution in [0.5, 0.6) is 5.75 Å². The quantitative estimate of drug-likeness (QED) is 0.383. The van der Waals surface area contributed by atoms with Gasteiger partial charge in [0.1, 0.15) is 5.75 Å². The van der Waals surface area contributed by atoms with Crippen LogP contribution in [0.3, 0.4) is 0 Å². The molecule has 9 nitrogen and oxygen atoms in total. The molecule has 0 atom stereocenters. The molecule has 0 amide bonds. The van der Waals surface area contributed by atoms with Crippen LogP contribution in [0.2, 0.25) is 0 Å². The van der Waals surface area contributed by atoms with E-state index in [0.717, 1.165) is 4.88 Å². The molecular weight excluding hydrogens is 454 g/mol. The van der Waals surface area contributed by atoms with Crippen molar-refractivity contribution in [3.63, 3.8) is 0 Å². The minimum atomic E-state index is -3.97. The Morgan fingerprint density at radius 2 is 1.97 bits per heavy atom. The molecule has 1 N–H and O–H groups in total. The predicted octanol–water partition coefficient (Wildman–Crippen LogP) is 3.96. The second-order valence-electron chi connectivity index (χ2n) is 6.40. The number of carbonyl (C=O) groups is 1. The number of esters is 1. The average molecular weight is 472 g/mol. The number of ether oxygens (including phenoxy) is 2. The minimum Gasteiger partial charge on any atom is -0.495 e. The largest absolute Gasteiger partial charge is 0.495 e. The van der Waals surface area contributed by atoms with E-state index >= 15 is 0 Å². The van der Waals surface area contributed by atoms with Crippen molar-refractivity contribution in [3.05, 3.63) is 77.5 Å². The van der Waals surface area contributed by atoms with Crippen molar-refractivity contribution in [1.82, 2.24) is 10.1 Å². The summed E-state index contributed by atoms with van der Waals surface area (Å²) in [5.74, 6) is 0.174. The van der Waals surface area contributed by atoms with Crippen molar-refractivity contribution in [2.45, 2.75) is 11.5 Å². The lowest BCUT2D eigenvalue weighted by molar-refractivity contribution is 0.0429. The molecule has 0 saturated carbocycles. The second kappa shape index (κ2) is 9.20. The van der Waals surface area contributed by atoms with Gasteiger partial charge in [-0.1, -0.05) is 29.4 Å². The number of rotatable bonds is 8. The Morgan fingerprint density at radius 1 is 1.12 bits per heavy atom. The lowest BCUT2D eigenvalue weighted by Crippen LogP contribution is -2.15. The number of hydrogen-bond donors (Lipinski definition) is 1. The molecule has 2 heterocycles. The van der Waals surface area contributed by atoms with Crippen molar-refractivity contribution >= 4 is 33.0 Å². The fourth-order valence-electron chi connectivity index (χ4n) is 2.75. The number of para-hydroxylation sites is 2. The molecular formula is C21H17N3O6S2. The third kappa shape index (κ3) is 4.79. The monoisotopic (exact) mass is 471 g/mol. The lowest BCUT2D eigenvalue weighted by atomic mass is 10.2. The van der Waals surface area contributed by atoms with Gasteiger partial charge in [-0.05, 0) is 41.8 Å². The van der Waals surface area contributed by atoms with Gasteiger partial charge in [-0.25, -0.2) is 13.2 Å². The summed E-state index contributed by atoms with van der Waals surface area (Å²) in [4.78, 5) is 17.3. The molecule has 164 valence electrons. The molecule has 4 rings (SSSR count). The summed E-state index contributed by atoms with van der Waals surface area (Å²) in [6.45, 7) is -0.242. The van der Waals surface area contributed by atoms with Gasteiger partial charge in [-0.2, -0.15) is 4.98 Å². The zero-order valence-corrected chi connectivity index (χ0v) is 18.4. The first-order valence-electron chi connectivity index (χ1n) is 9.26. The molecule has 0 radical (unpaired) electrons. The standard InChI is InChI=1S/C21H17N3O6S2/c1-28-17-9-3-2-8-16(17)24-32(26,27)15-7-4-6-14(12-15)21(25)29-13-19-22-20(23-30-19)18-10-5-11-31-18/h2-12,24H,13H2,1H3. The number of carbonyl (C=O) groups excluding carboxylic acids is 1. The molecule has 0 bridgehead atoms. The SMILES string of the molecule is COc1ccccc1NS(=O)(=O)c1cccc(C(=O)OCc2nc(-c3cccs3)no2)c1. The topological polar surface area (TPSA) is 121 Å². The number of thiophene rings is 1. The second-order valence-corrected chi connectivity index (χ2v) is 9.03. The van der Waals surface area contributed by atoms with Crippen LogP contribution in [-0.2, 0) is 21.4 Å². The first kappa shape index (κ1) is 21.5. The van der Waals surface area contributed by atoms with Gasteiger partial charge >= 0.3 is 5.97 Å². The smallest absolute Gasteiger partial charge is 0.338 e. The third-order valence-electron chi connectivity index (χ3n) is 4.27. The zero-order chi connectivity index (χ0) is 22.6. The third-order valence-corrected chi connectivity index (χ3v) is 6.50. The van der Waals surface area contributed by atoms with Crippen molar-refractivity contribution in [2.24, 2.45) is 0 Å². The van der Waals surface area contributed by atoms with Crippen LogP contribution in [0.15, 0.2) is 75.5 Å². The van der Waals surface area contributed by atoms with Crippen LogP contribution in [0.4, 0.5) is 5.69 Å². The molecule has 4 aromatic rings. The van der Waals surface area contributed by atoms with Gasteiger partial charge in [0, 0.05) is 0 Å². The highest BCUT2D eigenvalue weighted by atomic mass is 32.2. The summed E-state index contributed by atoms with van der Waals surface area (Å²) >= 11 is 1.45. The van der Waals surface area contributed by atoms with Crippen molar-refractivity contribution in [2.75, 3.05) is 11.8 Å². The molecule has 11 heteroatoms. The molecule has 0 aliphatic rings. The highest BCUT2D eigenvalue weighted by Crippen LogP contribution is 2.26. The van der Waals surface area contributed by atoms with Gasteiger partial charge in [-0.15, -0.1) is 11.3 Å². The van der Waals surface area contributed by atoms with E-state index in [1.807, 2.05) is 17.5 Å². The summed E-state index contributed by atoms with van der Waals surface area (Å²) in [5.41, 5.74) is 0.340. The zero-order valence-electron chi connectivity index (χ0n) is 16.7. The van der Waals surface area contributed by atoms with E-state index in [1.165, 1.54) is 42.7 Å². The van der Waals surface area contributed by atoms with Gasteiger partial charge < -0.3 is 14.0 Å². The van der Waals surface area contributed by atoms with Gasteiger partial charge in [0.2, 0.25) is 5.82 Å². The molecule has 0 spiro atoms. The Kier molecular flexibility index (Phi) is 6.19. The first-order chi connectivity index (χ1) is 15.5. The minimum absolute atomic E-state index is 0.0610. The summed E-state index contributed by atoms with van der Waals surface area (Å²) in [5, 5.41) is 5.73. The molecule has 0 fully saturated rings. The van der Waals surface area contributed by atoms with Crippen LogP contribution in [-0.4, -0.2) is 31.6 Å². The van der Waals surface area contributed by atoms with E-state index in [0.29, 0.717) is 11.6 Å². The fourth-order valence-corrected chi connectivity index (χ4v) is 4.52.